The lowest BCUT2D eigenvalue weighted by Gasteiger charge is -2.07. The zero-order valence-corrected chi connectivity index (χ0v) is 10.7. The quantitative estimate of drug-likeness (QED) is 0.865. The third kappa shape index (κ3) is 2.15. The summed E-state index contributed by atoms with van der Waals surface area (Å²) >= 11 is 0.683. The molecule has 1 heterocycles. The van der Waals surface area contributed by atoms with Crippen LogP contribution in [0.3, 0.4) is 0 Å². The van der Waals surface area contributed by atoms with Crippen LogP contribution in [0.2, 0.25) is 0 Å². The van der Waals surface area contributed by atoms with Crippen molar-refractivity contribution >= 4 is 11.3 Å². The second kappa shape index (κ2) is 4.31. The smallest absolute Gasteiger partial charge is 0.324 e. The number of alkyl halides is 3. The summed E-state index contributed by atoms with van der Waals surface area (Å²) in [5.74, 6) is 0. The topological polar surface area (TPSA) is 38.9 Å². The van der Waals surface area contributed by atoms with Crippen LogP contribution < -0.4 is 5.73 Å². The number of aromatic nitrogens is 1. The molecule has 0 aliphatic heterocycles. The molecule has 1 aliphatic carbocycles. The zero-order chi connectivity index (χ0) is 13.6. The van der Waals surface area contributed by atoms with E-state index in [-0.39, 0.29) is 6.04 Å². The minimum atomic E-state index is -4.38. The van der Waals surface area contributed by atoms with E-state index in [1.807, 2.05) is 18.2 Å². The number of halogens is 3. The molecule has 2 nitrogen and oxygen atoms in total. The van der Waals surface area contributed by atoms with E-state index in [4.69, 9.17) is 5.73 Å². The summed E-state index contributed by atoms with van der Waals surface area (Å²) in [7, 11) is 0. The lowest BCUT2D eigenvalue weighted by atomic mass is 10.0. The van der Waals surface area contributed by atoms with Crippen molar-refractivity contribution in [2.45, 2.75) is 25.1 Å². The van der Waals surface area contributed by atoms with Gasteiger partial charge in [-0.15, -0.1) is 11.3 Å². The molecule has 3 rings (SSSR count). The average Bonchev–Trinajstić information content (AvgIpc) is 2.96. The molecule has 0 saturated heterocycles. The van der Waals surface area contributed by atoms with E-state index in [1.54, 1.807) is 0 Å². The molecule has 1 unspecified atom stereocenters. The normalized spacial score (nSPS) is 18.6. The molecule has 0 radical (unpaired) electrons. The molecule has 0 fully saturated rings. The van der Waals surface area contributed by atoms with E-state index in [2.05, 4.69) is 4.98 Å². The monoisotopic (exact) mass is 284 g/mol. The van der Waals surface area contributed by atoms with Gasteiger partial charge in [-0.05, 0) is 29.5 Å². The number of hydrogen-bond acceptors (Lipinski definition) is 3. The highest BCUT2D eigenvalue weighted by Gasteiger charge is 2.35. The Labute approximate surface area is 112 Å². The third-order valence-electron chi connectivity index (χ3n) is 3.33. The summed E-state index contributed by atoms with van der Waals surface area (Å²) < 4.78 is 37.7. The zero-order valence-electron chi connectivity index (χ0n) is 9.87. The number of nitrogens with two attached hydrogens (primary N) is 1. The van der Waals surface area contributed by atoms with Gasteiger partial charge in [0.2, 0.25) is 0 Å². The fourth-order valence-electron chi connectivity index (χ4n) is 2.45. The van der Waals surface area contributed by atoms with E-state index in [9.17, 15) is 13.2 Å². The summed E-state index contributed by atoms with van der Waals surface area (Å²) in [6.45, 7) is 0. The molecular weight excluding hydrogens is 273 g/mol. The van der Waals surface area contributed by atoms with Gasteiger partial charge in [-0.1, -0.05) is 18.2 Å². The Morgan fingerprint density at radius 1 is 1.32 bits per heavy atom. The Balaban J connectivity index is 2.07. The van der Waals surface area contributed by atoms with Gasteiger partial charge >= 0.3 is 6.18 Å². The van der Waals surface area contributed by atoms with Crippen molar-refractivity contribution in [1.82, 2.24) is 4.98 Å². The average molecular weight is 284 g/mol. The van der Waals surface area contributed by atoms with Crippen molar-refractivity contribution in [2.75, 3.05) is 0 Å². The summed E-state index contributed by atoms with van der Waals surface area (Å²) in [6.07, 6.45) is -1.42. The molecule has 2 N–H and O–H groups in total. The minimum Gasteiger partial charge on any atom is -0.324 e. The van der Waals surface area contributed by atoms with Crippen molar-refractivity contribution in [3.05, 3.63) is 40.5 Å². The number of benzene rings is 1. The van der Waals surface area contributed by atoms with Crippen molar-refractivity contribution in [3.63, 3.8) is 0 Å². The van der Waals surface area contributed by atoms with Crippen molar-refractivity contribution in [3.8, 4) is 10.4 Å². The number of rotatable bonds is 1. The Morgan fingerprint density at radius 2 is 2.11 bits per heavy atom. The fraction of sp³-hybridized carbons (Fsp3) is 0.308. The fourth-order valence-corrected chi connectivity index (χ4v) is 3.28. The van der Waals surface area contributed by atoms with Crippen molar-refractivity contribution in [1.29, 1.82) is 0 Å². The van der Waals surface area contributed by atoms with Gasteiger partial charge in [-0.3, -0.25) is 0 Å². The molecule has 1 aromatic heterocycles. The summed E-state index contributed by atoms with van der Waals surface area (Å²) in [5, 5.41) is -0.803. The van der Waals surface area contributed by atoms with E-state index < -0.39 is 11.2 Å². The molecule has 1 aromatic carbocycles. The molecule has 1 aliphatic rings. The van der Waals surface area contributed by atoms with Gasteiger partial charge in [0.1, 0.15) is 0 Å². The van der Waals surface area contributed by atoms with Crippen LogP contribution in [-0.2, 0) is 12.6 Å². The third-order valence-corrected chi connectivity index (χ3v) is 4.41. The van der Waals surface area contributed by atoms with Crippen molar-refractivity contribution in [2.24, 2.45) is 5.73 Å². The van der Waals surface area contributed by atoms with Gasteiger partial charge in [0, 0.05) is 12.2 Å². The first-order chi connectivity index (χ1) is 8.97. The van der Waals surface area contributed by atoms with Gasteiger partial charge in [-0.25, -0.2) is 4.98 Å². The van der Waals surface area contributed by atoms with E-state index in [1.165, 1.54) is 6.20 Å². The molecule has 100 valence electrons. The highest BCUT2D eigenvalue weighted by atomic mass is 32.1. The summed E-state index contributed by atoms with van der Waals surface area (Å²) in [5.41, 5.74) is 8.91. The molecule has 0 amide bonds. The highest BCUT2D eigenvalue weighted by molar-refractivity contribution is 7.15. The number of nitrogens with zero attached hydrogens (tertiary/aromatic N) is 1. The van der Waals surface area contributed by atoms with Crippen LogP contribution in [0.25, 0.3) is 10.4 Å². The summed E-state index contributed by atoms with van der Waals surface area (Å²) in [6, 6.07) is 5.61. The van der Waals surface area contributed by atoms with E-state index in [0.29, 0.717) is 16.2 Å². The highest BCUT2D eigenvalue weighted by Crippen LogP contribution is 2.41. The van der Waals surface area contributed by atoms with E-state index in [0.717, 1.165) is 29.5 Å². The van der Waals surface area contributed by atoms with Crippen LogP contribution >= 0.6 is 11.3 Å². The maximum Gasteiger partial charge on any atom is 0.443 e. The van der Waals surface area contributed by atoms with Crippen LogP contribution in [0.1, 0.15) is 28.6 Å². The molecule has 6 heteroatoms. The first-order valence-corrected chi connectivity index (χ1v) is 6.69. The SMILES string of the molecule is NC1CCc2c(-c3cnc(C(F)(F)F)s3)cccc21. The molecule has 19 heavy (non-hydrogen) atoms. The van der Waals surface area contributed by atoms with Gasteiger partial charge in [-0.2, -0.15) is 13.2 Å². The molecular formula is C13H11F3N2S. The number of fused-ring (bicyclic) bond motifs is 1. The molecule has 1 atom stereocenters. The maximum absolute atomic E-state index is 12.6. The van der Waals surface area contributed by atoms with Crippen LogP contribution in [-0.4, -0.2) is 4.98 Å². The van der Waals surface area contributed by atoms with E-state index >= 15 is 0 Å². The summed E-state index contributed by atoms with van der Waals surface area (Å²) in [4.78, 5) is 4.02. The molecule has 0 spiro atoms. The predicted molar refractivity (Wildman–Crippen MR) is 67.8 cm³/mol. The maximum atomic E-state index is 12.6. The Morgan fingerprint density at radius 3 is 2.79 bits per heavy atom. The first-order valence-electron chi connectivity index (χ1n) is 5.87. The molecule has 0 saturated carbocycles. The number of thiazole rings is 1. The van der Waals surface area contributed by atoms with Gasteiger partial charge < -0.3 is 5.73 Å². The van der Waals surface area contributed by atoms with Gasteiger partial charge in [0.05, 0.1) is 4.88 Å². The van der Waals surface area contributed by atoms with Crippen LogP contribution in [0, 0.1) is 0 Å². The Bertz CT molecular complexity index is 619. The standard InChI is InChI=1S/C13H11F3N2S/c14-13(15,16)12-18-6-11(19-12)9-3-1-2-8-7(9)4-5-10(8)17/h1-3,6,10H,4-5,17H2. The minimum absolute atomic E-state index is 0.00930. The van der Waals surface area contributed by atoms with Crippen LogP contribution in [0.15, 0.2) is 24.4 Å². The second-order valence-corrected chi connectivity index (χ2v) is 5.58. The lowest BCUT2D eigenvalue weighted by Crippen LogP contribution is -2.04. The molecule has 2 aromatic rings. The first kappa shape index (κ1) is 12.6. The lowest BCUT2D eigenvalue weighted by molar-refractivity contribution is -0.137. The van der Waals surface area contributed by atoms with Gasteiger partial charge in [0.25, 0.3) is 0 Å². The Kier molecular flexibility index (Phi) is 2.87. The Hall–Kier alpha value is -1.40. The largest absolute Gasteiger partial charge is 0.443 e. The predicted octanol–water partition coefficient (Wildman–Crippen LogP) is 3.77. The van der Waals surface area contributed by atoms with Crippen LogP contribution in [0.4, 0.5) is 13.2 Å². The second-order valence-electron chi connectivity index (χ2n) is 4.55. The van der Waals surface area contributed by atoms with Crippen LogP contribution in [0.5, 0.6) is 0 Å². The van der Waals surface area contributed by atoms with Gasteiger partial charge in [0.15, 0.2) is 5.01 Å². The molecule has 0 bridgehead atoms. The number of hydrogen-bond donors (Lipinski definition) is 1. The van der Waals surface area contributed by atoms with Crippen molar-refractivity contribution < 1.29 is 13.2 Å².